The second kappa shape index (κ2) is 8.68. The van der Waals surface area contributed by atoms with Crippen molar-refractivity contribution < 1.29 is 14.3 Å². The molecule has 5 heteroatoms. The SMILES string of the molecule is COCCN1C[C@H]2CC[C@@H]1CN(C(=O)CCc1ccccc1OC)C2. The standard InChI is InChI=1S/C20H30N2O3/c1-24-12-11-21-13-16-7-9-18(21)15-22(14-16)20(23)10-8-17-5-3-4-6-19(17)25-2/h3-6,16,18H,7-15H2,1-2H3/t16-,18-/m1/s1. The van der Waals surface area contributed by atoms with Crippen molar-refractivity contribution in [3.05, 3.63) is 29.8 Å². The third kappa shape index (κ3) is 4.53. The van der Waals surface area contributed by atoms with Crippen LogP contribution in [0.1, 0.15) is 24.8 Å². The highest BCUT2D eigenvalue weighted by Gasteiger charge is 2.35. The minimum absolute atomic E-state index is 0.274. The first-order valence-electron chi connectivity index (χ1n) is 9.34. The number of carbonyl (C=O) groups is 1. The first kappa shape index (κ1) is 18.2. The molecule has 0 saturated carbocycles. The number of nitrogens with zero attached hydrogens (tertiary/aromatic N) is 2. The zero-order valence-corrected chi connectivity index (χ0v) is 15.4. The Morgan fingerprint density at radius 3 is 2.80 bits per heavy atom. The predicted molar refractivity (Wildman–Crippen MR) is 97.9 cm³/mol. The summed E-state index contributed by atoms with van der Waals surface area (Å²) in [5.41, 5.74) is 1.11. The molecule has 2 atom stereocenters. The van der Waals surface area contributed by atoms with Crippen LogP contribution in [0.15, 0.2) is 24.3 Å². The molecule has 0 radical (unpaired) electrons. The molecule has 0 aromatic heterocycles. The average Bonchev–Trinajstić information content (AvgIpc) is 2.96. The lowest BCUT2D eigenvalue weighted by molar-refractivity contribution is -0.131. The molecule has 0 spiro atoms. The Morgan fingerprint density at radius 1 is 1.16 bits per heavy atom. The van der Waals surface area contributed by atoms with Gasteiger partial charge in [-0.1, -0.05) is 18.2 Å². The van der Waals surface area contributed by atoms with Crippen molar-refractivity contribution in [2.75, 3.05) is 47.0 Å². The van der Waals surface area contributed by atoms with Gasteiger partial charge in [-0.15, -0.1) is 0 Å². The highest BCUT2D eigenvalue weighted by Crippen LogP contribution is 2.28. The van der Waals surface area contributed by atoms with Gasteiger partial charge >= 0.3 is 0 Å². The quantitative estimate of drug-likeness (QED) is 0.759. The number of benzene rings is 1. The van der Waals surface area contributed by atoms with E-state index in [0.29, 0.717) is 18.4 Å². The van der Waals surface area contributed by atoms with E-state index in [-0.39, 0.29) is 5.91 Å². The van der Waals surface area contributed by atoms with E-state index in [9.17, 15) is 4.79 Å². The van der Waals surface area contributed by atoms with Gasteiger partial charge in [0.25, 0.3) is 0 Å². The predicted octanol–water partition coefficient (Wildman–Crippen LogP) is 2.20. The number of hydrogen-bond donors (Lipinski definition) is 0. The molecule has 4 rings (SSSR count). The maximum Gasteiger partial charge on any atom is 0.222 e. The van der Waals surface area contributed by atoms with Gasteiger partial charge in [0.2, 0.25) is 5.91 Å². The summed E-state index contributed by atoms with van der Waals surface area (Å²) in [5.74, 6) is 1.75. The van der Waals surface area contributed by atoms with Crippen LogP contribution < -0.4 is 4.74 Å². The summed E-state index contributed by atoms with van der Waals surface area (Å²) in [5, 5.41) is 0. The van der Waals surface area contributed by atoms with E-state index in [4.69, 9.17) is 9.47 Å². The van der Waals surface area contributed by atoms with Crippen molar-refractivity contribution in [2.24, 2.45) is 5.92 Å². The number of amides is 1. The fraction of sp³-hybridized carbons (Fsp3) is 0.650. The molecular weight excluding hydrogens is 316 g/mol. The fourth-order valence-corrected chi connectivity index (χ4v) is 4.17. The number of piperidine rings is 1. The molecule has 2 bridgehead atoms. The van der Waals surface area contributed by atoms with E-state index < -0.39 is 0 Å². The maximum absolute atomic E-state index is 12.8. The van der Waals surface area contributed by atoms with Crippen LogP contribution >= 0.6 is 0 Å². The summed E-state index contributed by atoms with van der Waals surface area (Å²) in [6.07, 6.45) is 3.73. The van der Waals surface area contributed by atoms with Crippen molar-refractivity contribution in [3.8, 4) is 5.75 Å². The van der Waals surface area contributed by atoms with Crippen LogP contribution in [-0.2, 0) is 16.0 Å². The average molecular weight is 346 g/mol. The Morgan fingerprint density at radius 2 is 2.00 bits per heavy atom. The molecule has 0 unspecified atom stereocenters. The zero-order valence-electron chi connectivity index (χ0n) is 15.4. The molecular formula is C20H30N2O3. The third-order valence-corrected chi connectivity index (χ3v) is 5.56. The molecule has 3 aliphatic heterocycles. The molecule has 3 aliphatic rings. The number of fused-ring (bicyclic) bond motifs is 4. The van der Waals surface area contributed by atoms with Crippen molar-refractivity contribution in [1.29, 1.82) is 0 Å². The van der Waals surface area contributed by atoms with E-state index >= 15 is 0 Å². The van der Waals surface area contributed by atoms with Gasteiger partial charge in [0.1, 0.15) is 5.75 Å². The Kier molecular flexibility index (Phi) is 6.32. The number of para-hydroxylation sites is 1. The highest BCUT2D eigenvalue weighted by molar-refractivity contribution is 5.76. The summed E-state index contributed by atoms with van der Waals surface area (Å²) < 4.78 is 10.6. The minimum atomic E-state index is 0.274. The van der Waals surface area contributed by atoms with Crippen LogP contribution in [0, 0.1) is 5.92 Å². The lowest BCUT2D eigenvalue weighted by atomic mass is 9.95. The van der Waals surface area contributed by atoms with Gasteiger partial charge in [-0.25, -0.2) is 0 Å². The van der Waals surface area contributed by atoms with Crippen molar-refractivity contribution in [3.63, 3.8) is 0 Å². The lowest BCUT2D eigenvalue weighted by Crippen LogP contribution is -2.45. The lowest BCUT2D eigenvalue weighted by Gasteiger charge is -2.35. The van der Waals surface area contributed by atoms with Crippen LogP contribution in [0.5, 0.6) is 5.75 Å². The topological polar surface area (TPSA) is 42.0 Å². The Hall–Kier alpha value is -1.59. The monoisotopic (exact) mass is 346 g/mol. The largest absolute Gasteiger partial charge is 0.496 e. The van der Waals surface area contributed by atoms with Gasteiger partial charge < -0.3 is 14.4 Å². The molecule has 5 nitrogen and oxygen atoms in total. The van der Waals surface area contributed by atoms with Crippen molar-refractivity contribution >= 4 is 5.91 Å². The van der Waals surface area contributed by atoms with E-state index in [0.717, 1.165) is 50.5 Å². The van der Waals surface area contributed by atoms with Crippen LogP contribution in [0.3, 0.4) is 0 Å². The Bertz CT molecular complexity index is 578. The minimum Gasteiger partial charge on any atom is -0.496 e. The van der Waals surface area contributed by atoms with E-state index in [1.54, 1.807) is 14.2 Å². The van der Waals surface area contributed by atoms with Gasteiger partial charge in [-0.2, -0.15) is 0 Å². The second-order valence-corrected chi connectivity index (χ2v) is 7.20. The fourth-order valence-electron chi connectivity index (χ4n) is 4.17. The summed E-state index contributed by atoms with van der Waals surface area (Å²) >= 11 is 0. The first-order valence-corrected chi connectivity index (χ1v) is 9.34. The molecule has 25 heavy (non-hydrogen) atoms. The van der Waals surface area contributed by atoms with Gasteiger partial charge in [0, 0.05) is 45.8 Å². The van der Waals surface area contributed by atoms with Crippen LogP contribution in [0.2, 0.25) is 0 Å². The molecule has 0 aliphatic carbocycles. The number of ether oxygens (including phenoxy) is 2. The molecule has 1 aromatic rings. The van der Waals surface area contributed by atoms with Crippen molar-refractivity contribution in [2.45, 2.75) is 31.7 Å². The van der Waals surface area contributed by atoms with Crippen LogP contribution in [0.4, 0.5) is 0 Å². The number of methoxy groups -OCH3 is 2. The van der Waals surface area contributed by atoms with Crippen LogP contribution in [-0.4, -0.2) is 68.8 Å². The highest BCUT2D eigenvalue weighted by atomic mass is 16.5. The smallest absolute Gasteiger partial charge is 0.222 e. The molecule has 0 N–H and O–H groups in total. The molecule has 138 valence electrons. The first-order chi connectivity index (χ1) is 12.2. The zero-order chi connectivity index (χ0) is 17.6. The molecule has 3 saturated heterocycles. The van der Waals surface area contributed by atoms with Crippen LogP contribution in [0.25, 0.3) is 0 Å². The summed E-state index contributed by atoms with van der Waals surface area (Å²) in [7, 11) is 3.44. The van der Waals surface area contributed by atoms with E-state index in [1.165, 1.54) is 12.8 Å². The summed E-state index contributed by atoms with van der Waals surface area (Å²) in [6, 6.07) is 8.46. The molecule has 1 amide bonds. The number of hydrogen-bond acceptors (Lipinski definition) is 4. The number of carbonyl (C=O) groups excluding carboxylic acids is 1. The summed E-state index contributed by atoms with van der Waals surface area (Å²) in [4.78, 5) is 17.4. The van der Waals surface area contributed by atoms with Gasteiger partial charge in [0.05, 0.1) is 13.7 Å². The number of aryl methyl sites for hydroxylation is 1. The maximum atomic E-state index is 12.8. The van der Waals surface area contributed by atoms with Gasteiger partial charge in [-0.05, 0) is 36.8 Å². The summed E-state index contributed by atoms with van der Waals surface area (Å²) in [6.45, 7) is 4.62. The Balaban J connectivity index is 1.57. The van der Waals surface area contributed by atoms with Gasteiger partial charge in [-0.3, -0.25) is 9.69 Å². The molecule has 3 fully saturated rings. The van der Waals surface area contributed by atoms with E-state index in [2.05, 4.69) is 9.80 Å². The second-order valence-electron chi connectivity index (χ2n) is 7.20. The third-order valence-electron chi connectivity index (χ3n) is 5.56. The van der Waals surface area contributed by atoms with E-state index in [1.807, 2.05) is 24.3 Å². The Labute approximate surface area is 150 Å². The van der Waals surface area contributed by atoms with Gasteiger partial charge in [0.15, 0.2) is 0 Å². The van der Waals surface area contributed by atoms with Crippen molar-refractivity contribution in [1.82, 2.24) is 9.80 Å². The number of rotatable bonds is 7. The molecule has 3 heterocycles. The normalized spacial score (nSPS) is 23.5. The molecule has 1 aromatic carbocycles.